The number of rotatable bonds is 4. The highest BCUT2D eigenvalue weighted by molar-refractivity contribution is 5.81. The maximum absolute atomic E-state index is 12.6. The lowest BCUT2D eigenvalue weighted by atomic mass is 9.95. The molecule has 0 unspecified atom stereocenters. The smallest absolute Gasteiger partial charge is 0.308 e. The van der Waals surface area contributed by atoms with Crippen LogP contribution in [-0.4, -0.2) is 48.2 Å². The van der Waals surface area contributed by atoms with Crippen molar-refractivity contribution in [2.75, 3.05) is 26.3 Å². The third-order valence-electron chi connectivity index (χ3n) is 4.45. The number of fused-ring (bicyclic) bond motifs is 1. The number of nitrogens with zero attached hydrogens (tertiary/aromatic N) is 1. The third-order valence-corrected chi connectivity index (χ3v) is 4.45. The molecule has 0 radical (unpaired) electrons. The Kier molecular flexibility index (Phi) is 4.41. The minimum Gasteiger partial charge on any atom is -0.494 e. The van der Waals surface area contributed by atoms with Gasteiger partial charge in [0.1, 0.15) is 18.1 Å². The van der Waals surface area contributed by atoms with Gasteiger partial charge in [-0.25, -0.2) is 0 Å². The summed E-state index contributed by atoms with van der Waals surface area (Å²) < 4.78 is 11.2. The predicted molar refractivity (Wildman–Crippen MR) is 82.6 cm³/mol. The van der Waals surface area contributed by atoms with Crippen molar-refractivity contribution in [3.05, 3.63) is 23.8 Å². The van der Waals surface area contributed by atoms with Crippen molar-refractivity contribution < 1.29 is 24.2 Å². The SMILES string of the molecule is CCOc1ccc2c(c1)C[C@H](C(=O)N1CC[C@H](C(=O)O)C1)CO2. The molecule has 1 amide bonds. The lowest BCUT2D eigenvalue weighted by Crippen LogP contribution is -2.40. The lowest BCUT2D eigenvalue weighted by Gasteiger charge is -2.28. The van der Waals surface area contributed by atoms with Gasteiger partial charge in [-0.3, -0.25) is 9.59 Å². The third kappa shape index (κ3) is 3.25. The monoisotopic (exact) mass is 319 g/mol. The summed E-state index contributed by atoms with van der Waals surface area (Å²) in [6, 6.07) is 5.65. The molecule has 0 aromatic heterocycles. The molecule has 23 heavy (non-hydrogen) atoms. The second-order valence-electron chi connectivity index (χ2n) is 6.02. The molecule has 1 saturated heterocycles. The van der Waals surface area contributed by atoms with Gasteiger partial charge >= 0.3 is 5.97 Å². The highest BCUT2D eigenvalue weighted by atomic mass is 16.5. The summed E-state index contributed by atoms with van der Waals surface area (Å²) in [4.78, 5) is 25.3. The van der Waals surface area contributed by atoms with E-state index in [9.17, 15) is 9.59 Å². The Bertz CT molecular complexity index is 615. The van der Waals surface area contributed by atoms with E-state index >= 15 is 0 Å². The van der Waals surface area contributed by atoms with Crippen LogP contribution in [0, 0.1) is 11.8 Å². The van der Waals surface area contributed by atoms with Crippen molar-refractivity contribution in [1.82, 2.24) is 4.90 Å². The van der Waals surface area contributed by atoms with Crippen molar-refractivity contribution in [2.24, 2.45) is 11.8 Å². The van der Waals surface area contributed by atoms with Gasteiger partial charge in [0.2, 0.25) is 5.91 Å². The molecular formula is C17H21NO5. The summed E-state index contributed by atoms with van der Waals surface area (Å²) in [5.41, 5.74) is 0.967. The topological polar surface area (TPSA) is 76.1 Å². The van der Waals surface area contributed by atoms with Gasteiger partial charge in [-0.05, 0) is 43.5 Å². The van der Waals surface area contributed by atoms with Crippen LogP contribution >= 0.6 is 0 Å². The number of amides is 1. The Morgan fingerprint density at radius 1 is 1.39 bits per heavy atom. The summed E-state index contributed by atoms with van der Waals surface area (Å²) in [6.07, 6.45) is 1.13. The molecule has 6 heteroatoms. The van der Waals surface area contributed by atoms with Crippen molar-refractivity contribution in [2.45, 2.75) is 19.8 Å². The Labute approximate surface area is 135 Å². The van der Waals surface area contributed by atoms with E-state index in [1.807, 2.05) is 25.1 Å². The van der Waals surface area contributed by atoms with Gasteiger partial charge in [0.15, 0.2) is 0 Å². The number of carboxylic acids is 1. The van der Waals surface area contributed by atoms with Crippen LogP contribution < -0.4 is 9.47 Å². The van der Waals surface area contributed by atoms with E-state index in [2.05, 4.69) is 0 Å². The van der Waals surface area contributed by atoms with E-state index < -0.39 is 11.9 Å². The van der Waals surface area contributed by atoms with Gasteiger partial charge in [0, 0.05) is 13.1 Å². The molecule has 0 spiro atoms. The Morgan fingerprint density at radius 2 is 2.22 bits per heavy atom. The molecule has 2 atom stereocenters. The molecule has 0 bridgehead atoms. The van der Waals surface area contributed by atoms with E-state index in [4.69, 9.17) is 14.6 Å². The van der Waals surface area contributed by atoms with E-state index in [0.717, 1.165) is 17.1 Å². The number of aliphatic carboxylic acids is 1. The number of hydrogen-bond acceptors (Lipinski definition) is 4. The molecule has 1 fully saturated rings. The zero-order chi connectivity index (χ0) is 16.4. The summed E-state index contributed by atoms with van der Waals surface area (Å²) in [6.45, 7) is 3.67. The van der Waals surface area contributed by atoms with Gasteiger partial charge < -0.3 is 19.5 Å². The number of carboxylic acid groups (broad SMARTS) is 1. The molecule has 6 nitrogen and oxygen atoms in total. The molecule has 124 valence electrons. The van der Waals surface area contributed by atoms with Crippen LogP contribution in [0.2, 0.25) is 0 Å². The predicted octanol–water partition coefficient (Wildman–Crippen LogP) is 1.57. The summed E-state index contributed by atoms with van der Waals surface area (Å²) in [5, 5.41) is 9.06. The van der Waals surface area contributed by atoms with Gasteiger partial charge in [0.25, 0.3) is 0 Å². The van der Waals surface area contributed by atoms with Crippen LogP contribution in [-0.2, 0) is 16.0 Å². The number of ether oxygens (including phenoxy) is 2. The summed E-state index contributed by atoms with van der Waals surface area (Å²) in [5.74, 6) is 0.0257. The van der Waals surface area contributed by atoms with Gasteiger partial charge in [0.05, 0.1) is 18.4 Å². The molecule has 2 aliphatic rings. The molecule has 1 N–H and O–H groups in total. The van der Waals surface area contributed by atoms with Crippen molar-refractivity contribution in [1.29, 1.82) is 0 Å². The van der Waals surface area contributed by atoms with E-state index in [1.54, 1.807) is 4.90 Å². The number of hydrogen-bond donors (Lipinski definition) is 1. The van der Waals surface area contributed by atoms with Crippen molar-refractivity contribution in [3.8, 4) is 11.5 Å². The minimum absolute atomic E-state index is 0.0128. The van der Waals surface area contributed by atoms with Gasteiger partial charge in [-0.1, -0.05) is 0 Å². The van der Waals surface area contributed by atoms with Crippen LogP contribution in [0.3, 0.4) is 0 Å². The minimum atomic E-state index is -0.827. The number of carbonyl (C=O) groups is 2. The maximum atomic E-state index is 12.6. The Balaban J connectivity index is 1.68. The van der Waals surface area contributed by atoms with E-state index in [-0.39, 0.29) is 11.8 Å². The first-order valence-electron chi connectivity index (χ1n) is 7.98. The summed E-state index contributed by atoms with van der Waals surface area (Å²) in [7, 11) is 0. The zero-order valence-electron chi connectivity index (χ0n) is 13.2. The van der Waals surface area contributed by atoms with Gasteiger partial charge in [-0.15, -0.1) is 0 Å². The highest BCUT2D eigenvalue weighted by Gasteiger charge is 2.35. The van der Waals surface area contributed by atoms with Crippen molar-refractivity contribution in [3.63, 3.8) is 0 Å². The molecule has 0 aliphatic carbocycles. The summed E-state index contributed by atoms with van der Waals surface area (Å²) >= 11 is 0. The average molecular weight is 319 g/mol. The fraction of sp³-hybridized carbons (Fsp3) is 0.529. The lowest BCUT2D eigenvalue weighted by molar-refractivity contribution is -0.141. The molecule has 1 aromatic carbocycles. The number of carbonyl (C=O) groups excluding carboxylic acids is 1. The molecule has 2 aliphatic heterocycles. The second kappa shape index (κ2) is 6.48. The number of likely N-dealkylation sites (tertiary alicyclic amines) is 1. The normalized spacial score (nSPS) is 23.1. The van der Waals surface area contributed by atoms with Gasteiger partial charge in [-0.2, -0.15) is 0 Å². The van der Waals surface area contributed by atoms with E-state index in [1.165, 1.54) is 0 Å². The van der Waals surface area contributed by atoms with E-state index in [0.29, 0.717) is 39.1 Å². The van der Waals surface area contributed by atoms with Crippen LogP contribution in [0.4, 0.5) is 0 Å². The van der Waals surface area contributed by atoms with Crippen LogP contribution in [0.15, 0.2) is 18.2 Å². The van der Waals surface area contributed by atoms with Crippen LogP contribution in [0.25, 0.3) is 0 Å². The Morgan fingerprint density at radius 3 is 2.91 bits per heavy atom. The quantitative estimate of drug-likeness (QED) is 0.911. The largest absolute Gasteiger partial charge is 0.494 e. The zero-order valence-corrected chi connectivity index (χ0v) is 13.2. The average Bonchev–Trinajstić information content (AvgIpc) is 3.04. The first-order chi connectivity index (χ1) is 11.1. The fourth-order valence-electron chi connectivity index (χ4n) is 3.21. The standard InChI is InChI=1S/C17H21NO5/c1-2-22-14-3-4-15-12(8-14)7-13(10-23-15)16(19)18-6-5-11(9-18)17(20)21/h3-4,8,11,13H,2,5-7,9-10H2,1H3,(H,20,21)/t11-,13-/m0/s1. The van der Waals surface area contributed by atoms with Crippen molar-refractivity contribution >= 4 is 11.9 Å². The fourth-order valence-corrected chi connectivity index (χ4v) is 3.21. The molecule has 0 saturated carbocycles. The number of benzene rings is 1. The van der Waals surface area contributed by atoms with Crippen LogP contribution in [0.1, 0.15) is 18.9 Å². The maximum Gasteiger partial charge on any atom is 0.308 e. The molecular weight excluding hydrogens is 298 g/mol. The molecule has 2 heterocycles. The highest BCUT2D eigenvalue weighted by Crippen LogP contribution is 2.32. The molecule has 1 aromatic rings. The first-order valence-corrected chi connectivity index (χ1v) is 7.98. The first kappa shape index (κ1) is 15.6. The Hall–Kier alpha value is -2.24. The second-order valence-corrected chi connectivity index (χ2v) is 6.02. The van der Waals surface area contributed by atoms with Crippen LogP contribution in [0.5, 0.6) is 11.5 Å². The molecule has 3 rings (SSSR count).